The molecule has 2 aromatic rings. The molecule has 110 valence electrons. The third kappa shape index (κ3) is 2.14. The first-order valence-corrected chi connectivity index (χ1v) is 6.64. The second-order valence-electron chi connectivity index (χ2n) is 5.19. The summed E-state index contributed by atoms with van der Waals surface area (Å²) in [5.41, 5.74) is 0.751. The summed E-state index contributed by atoms with van der Waals surface area (Å²) >= 11 is 0. The molecule has 1 aliphatic rings. The first-order valence-electron chi connectivity index (χ1n) is 6.64. The van der Waals surface area contributed by atoms with Gasteiger partial charge in [0.05, 0.1) is 5.92 Å². The number of amides is 1. The molecule has 21 heavy (non-hydrogen) atoms. The molecule has 0 unspecified atom stereocenters. The minimum Gasteiger partial charge on any atom is -0.481 e. The standard InChI is InChI=1S/C14H14FN3O3/c1-8-3-2-4-10-16-11(12(15)18(8)10)13(19)17-6-5-9(7-17)14(20)21/h2-4,9H,5-7H2,1H3,(H,20,21)/t9-/m1/s1. The molecule has 1 fully saturated rings. The molecule has 0 spiro atoms. The minimum absolute atomic E-state index is 0.0977. The molecule has 0 aliphatic carbocycles. The Hall–Kier alpha value is -2.44. The number of carbonyl (C=O) groups excluding carboxylic acids is 1. The predicted molar refractivity (Wildman–Crippen MR) is 71.5 cm³/mol. The topological polar surface area (TPSA) is 74.9 Å². The molecule has 3 heterocycles. The Morgan fingerprint density at radius 3 is 2.81 bits per heavy atom. The molecule has 1 aliphatic heterocycles. The van der Waals surface area contributed by atoms with Crippen LogP contribution in [0.1, 0.15) is 22.6 Å². The maximum Gasteiger partial charge on any atom is 0.308 e. The number of rotatable bonds is 2. The Morgan fingerprint density at radius 1 is 1.43 bits per heavy atom. The number of carbonyl (C=O) groups is 2. The van der Waals surface area contributed by atoms with E-state index < -0.39 is 23.7 Å². The number of aryl methyl sites for hydroxylation is 1. The smallest absolute Gasteiger partial charge is 0.308 e. The van der Waals surface area contributed by atoms with Crippen molar-refractivity contribution < 1.29 is 19.1 Å². The lowest BCUT2D eigenvalue weighted by Gasteiger charge is -2.13. The van der Waals surface area contributed by atoms with Crippen LogP contribution < -0.4 is 0 Å². The van der Waals surface area contributed by atoms with Crippen LogP contribution in [0, 0.1) is 18.8 Å². The third-order valence-electron chi connectivity index (χ3n) is 3.81. The van der Waals surface area contributed by atoms with Crippen molar-refractivity contribution in [1.82, 2.24) is 14.3 Å². The molecule has 0 radical (unpaired) electrons. The van der Waals surface area contributed by atoms with Crippen LogP contribution in [0.2, 0.25) is 0 Å². The zero-order valence-corrected chi connectivity index (χ0v) is 11.4. The van der Waals surface area contributed by atoms with E-state index in [-0.39, 0.29) is 12.2 Å². The lowest BCUT2D eigenvalue weighted by atomic mass is 10.1. The molecular formula is C14H14FN3O3. The molecule has 1 amide bonds. The maximum absolute atomic E-state index is 14.4. The monoisotopic (exact) mass is 291 g/mol. The maximum atomic E-state index is 14.4. The van der Waals surface area contributed by atoms with Gasteiger partial charge in [0.1, 0.15) is 5.65 Å². The molecule has 1 saturated heterocycles. The number of aromatic nitrogens is 2. The zero-order chi connectivity index (χ0) is 15.1. The number of aliphatic carboxylic acids is 1. The second kappa shape index (κ2) is 4.83. The van der Waals surface area contributed by atoms with Crippen LogP contribution in [0.15, 0.2) is 18.2 Å². The SMILES string of the molecule is Cc1cccc2nc(C(=O)N3CC[C@@H](C(=O)O)C3)c(F)n12. The van der Waals surface area contributed by atoms with Gasteiger partial charge in [-0.2, -0.15) is 4.39 Å². The van der Waals surface area contributed by atoms with Gasteiger partial charge in [-0.25, -0.2) is 4.98 Å². The summed E-state index contributed by atoms with van der Waals surface area (Å²) in [6, 6.07) is 5.08. The molecule has 0 bridgehead atoms. The van der Waals surface area contributed by atoms with E-state index in [1.54, 1.807) is 25.1 Å². The van der Waals surface area contributed by atoms with Crippen LogP contribution in [-0.4, -0.2) is 44.4 Å². The lowest BCUT2D eigenvalue weighted by Crippen LogP contribution is -2.30. The highest BCUT2D eigenvalue weighted by Gasteiger charge is 2.33. The number of hydrogen-bond donors (Lipinski definition) is 1. The van der Waals surface area contributed by atoms with E-state index in [1.165, 1.54) is 9.30 Å². The van der Waals surface area contributed by atoms with Gasteiger partial charge in [0.2, 0.25) is 5.95 Å². The van der Waals surface area contributed by atoms with Crippen LogP contribution in [0.4, 0.5) is 4.39 Å². The van der Waals surface area contributed by atoms with Crippen LogP contribution in [0.25, 0.3) is 5.65 Å². The highest BCUT2D eigenvalue weighted by Crippen LogP contribution is 2.21. The number of carboxylic acid groups (broad SMARTS) is 1. The average Bonchev–Trinajstić information content (AvgIpc) is 3.04. The van der Waals surface area contributed by atoms with Gasteiger partial charge in [0.15, 0.2) is 5.69 Å². The van der Waals surface area contributed by atoms with Crippen LogP contribution in [0.3, 0.4) is 0 Å². The Kier molecular flexibility index (Phi) is 3.12. The van der Waals surface area contributed by atoms with Gasteiger partial charge in [0, 0.05) is 18.8 Å². The number of halogens is 1. The zero-order valence-electron chi connectivity index (χ0n) is 11.4. The average molecular weight is 291 g/mol. The van der Waals surface area contributed by atoms with Gasteiger partial charge >= 0.3 is 5.97 Å². The quantitative estimate of drug-likeness (QED) is 0.905. The molecule has 3 rings (SSSR count). The fraction of sp³-hybridized carbons (Fsp3) is 0.357. The van der Waals surface area contributed by atoms with Gasteiger partial charge < -0.3 is 10.0 Å². The number of pyridine rings is 1. The number of fused-ring (bicyclic) bond motifs is 1. The molecule has 6 nitrogen and oxygen atoms in total. The summed E-state index contributed by atoms with van der Waals surface area (Å²) in [4.78, 5) is 28.6. The van der Waals surface area contributed by atoms with E-state index in [4.69, 9.17) is 5.11 Å². The third-order valence-corrected chi connectivity index (χ3v) is 3.81. The number of likely N-dealkylation sites (tertiary alicyclic amines) is 1. The fourth-order valence-electron chi connectivity index (χ4n) is 2.64. The van der Waals surface area contributed by atoms with Crippen molar-refractivity contribution in [3.8, 4) is 0 Å². The first kappa shape index (κ1) is 13.5. The largest absolute Gasteiger partial charge is 0.481 e. The molecule has 1 atom stereocenters. The van der Waals surface area contributed by atoms with E-state index in [0.29, 0.717) is 24.3 Å². The summed E-state index contributed by atoms with van der Waals surface area (Å²) < 4.78 is 15.7. The van der Waals surface area contributed by atoms with E-state index in [9.17, 15) is 14.0 Å². The fourth-order valence-corrected chi connectivity index (χ4v) is 2.64. The number of imidazole rings is 1. The molecule has 1 N–H and O–H groups in total. The van der Waals surface area contributed by atoms with Crippen molar-refractivity contribution in [3.05, 3.63) is 35.5 Å². The van der Waals surface area contributed by atoms with Crippen molar-refractivity contribution in [3.63, 3.8) is 0 Å². The van der Waals surface area contributed by atoms with Gasteiger partial charge in [-0.05, 0) is 25.5 Å². The van der Waals surface area contributed by atoms with Crippen molar-refractivity contribution >= 4 is 17.5 Å². The first-order chi connectivity index (χ1) is 9.99. The summed E-state index contributed by atoms with van der Waals surface area (Å²) in [6.45, 7) is 2.13. The van der Waals surface area contributed by atoms with Crippen molar-refractivity contribution in [2.45, 2.75) is 13.3 Å². The van der Waals surface area contributed by atoms with Gasteiger partial charge in [-0.1, -0.05) is 6.07 Å². The lowest BCUT2D eigenvalue weighted by molar-refractivity contribution is -0.141. The van der Waals surface area contributed by atoms with Crippen LogP contribution in [0.5, 0.6) is 0 Å². The van der Waals surface area contributed by atoms with Crippen molar-refractivity contribution in [2.24, 2.45) is 5.92 Å². The van der Waals surface area contributed by atoms with Crippen LogP contribution in [-0.2, 0) is 4.79 Å². The Labute approximate surface area is 119 Å². The predicted octanol–water partition coefficient (Wildman–Crippen LogP) is 1.33. The highest BCUT2D eigenvalue weighted by atomic mass is 19.1. The van der Waals surface area contributed by atoms with Gasteiger partial charge in [0.25, 0.3) is 5.91 Å². The molecular weight excluding hydrogens is 277 g/mol. The number of nitrogens with zero attached hydrogens (tertiary/aromatic N) is 3. The normalized spacial score (nSPS) is 18.4. The number of hydrogen-bond acceptors (Lipinski definition) is 3. The van der Waals surface area contributed by atoms with Crippen LogP contribution >= 0.6 is 0 Å². The Balaban J connectivity index is 1.94. The molecule has 0 saturated carbocycles. The summed E-state index contributed by atoms with van der Waals surface area (Å²) in [6.07, 6.45) is 0.384. The summed E-state index contributed by atoms with van der Waals surface area (Å²) in [5, 5.41) is 8.96. The molecule has 0 aromatic carbocycles. The highest BCUT2D eigenvalue weighted by molar-refractivity contribution is 5.93. The minimum atomic E-state index is -0.934. The summed E-state index contributed by atoms with van der Waals surface area (Å²) in [7, 11) is 0. The van der Waals surface area contributed by atoms with E-state index in [0.717, 1.165) is 0 Å². The van der Waals surface area contributed by atoms with Crippen molar-refractivity contribution in [2.75, 3.05) is 13.1 Å². The van der Waals surface area contributed by atoms with E-state index in [1.807, 2.05) is 0 Å². The molecule has 7 heteroatoms. The van der Waals surface area contributed by atoms with E-state index >= 15 is 0 Å². The van der Waals surface area contributed by atoms with E-state index in [2.05, 4.69) is 4.98 Å². The van der Waals surface area contributed by atoms with Gasteiger partial charge in [-0.15, -0.1) is 0 Å². The van der Waals surface area contributed by atoms with Crippen molar-refractivity contribution in [1.29, 1.82) is 0 Å². The second-order valence-corrected chi connectivity index (χ2v) is 5.19. The number of carboxylic acids is 1. The summed E-state index contributed by atoms with van der Waals surface area (Å²) in [5.74, 6) is -2.78. The molecule has 2 aromatic heterocycles. The van der Waals surface area contributed by atoms with Gasteiger partial charge in [-0.3, -0.25) is 14.0 Å². The Morgan fingerprint density at radius 2 is 2.19 bits per heavy atom. The Bertz CT molecular complexity index is 740.